The van der Waals surface area contributed by atoms with Gasteiger partial charge >= 0.3 is 0 Å². The van der Waals surface area contributed by atoms with Gasteiger partial charge in [0.1, 0.15) is 0 Å². The highest BCUT2D eigenvalue weighted by Crippen LogP contribution is 2.34. The van der Waals surface area contributed by atoms with Crippen molar-refractivity contribution in [1.82, 2.24) is 10.3 Å². The molecule has 1 N–H and O–H groups in total. The van der Waals surface area contributed by atoms with E-state index in [4.69, 9.17) is 0 Å². The fraction of sp³-hybridized carbons (Fsp3) is 0.667. The summed E-state index contributed by atoms with van der Waals surface area (Å²) in [7, 11) is 0. The lowest BCUT2D eigenvalue weighted by molar-refractivity contribution is 0.296. The zero-order valence-electron chi connectivity index (χ0n) is 11.1. The Morgan fingerprint density at radius 1 is 1.29 bits per heavy atom. The first-order valence-electron chi connectivity index (χ1n) is 6.94. The van der Waals surface area contributed by atoms with Crippen molar-refractivity contribution in [3.63, 3.8) is 0 Å². The smallest absolute Gasteiger partial charge is 0.0449 e. The number of hydrogen-bond acceptors (Lipinski definition) is 2. The molecule has 1 aromatic rings. The van der Waals surface area contributed by atoms with Crippen LogP contribution >= 0.6 is 0 Å². The third-order valence-corrected chi connectivity index (χ3v) is 3.85. The van der Waals surface area contributed by atoms with Gasteiger partial charge in [-0.25, -0.2) is 0 Å². The second-order valence-corrected chi connectivity index (χ2v) is 5.32. The molecular formula is C15H24N2. The molecule has 1 saturated heterocycles. The maximum atomic E-state index is 4.38. The maximum Gasteiger partial charge on any atom is 0.0449 e. The fourth-order valence-corrected chi connectivity index (χ4v) is 2.99. The van der Waals surface area contributed by atoms with Gasteiger partial charge in [0.25, 0.3) is 0 Å². The Morgan fingerprint density at radius 2 is 2.18 bits per heavy atom. The summed E-state index contributed by atoms with van der Waals surface area (Å²) in [5.41, 5.74) is 2.84. The van der Waals surface area contributed by atoms with Gasteiger partial charge in [0, 0.05) is 17.9 Å². The molecule has 0 amide bonds. The molecule has 2 rings (SSSR count). The Hall–Kier alpha value is -0.890. The first kappa shape index (κ1) is 12.6. The Balaban J connectivity index is 2.31. The van der Waals surface area contributed by atoms with Gasteiger partial charge in [0.15, 0.2) is 0 Å². The van der Waals surface area contributed by atoms with Gasteiger partial charge in [-0.2, -0.15) is 0 Å². The molecule has 1 aromatic heterocycles. The zero-order valence-corrected chi connectivity index (χ0v) is 11.1. The lowest BCUT2D eigenvalue weighted by Crippen LogP contribution is -2.41. The molecule has 2 heteroatoms. The molecule has 0 radical (unpaired) electrons. The lowest BCUT2D eigenvalue weighted by atomic mass is 9.82. The number of nitrogens with one attached hydrogen (secondary N) is 1. The Bertz CT molecular complexity index is 352. The zero-order chi connectivity index (χ0) is 12.1. The van der Waals surface area contributed by atoms with Crippen LogP contribution in [0.1, 0.15) is 56.6 Å². The standard InChI is InChI=1S/C15H24N2/c1-3-7-15(8-5-4-6-9-17-15)14-10-13(2)11-16-12-14/h10-12,17H,3-9H2,1-2H3. The van der Waals surface area contributed by atoms with Crippen molar-refractivity contribution in [2.45, 2.75) is 57.9 Å². The predicted molar refractivity (Wildman–Crippen MR) is 72.0 cm³/mol. The summed E-state index contributed by atoms with van der Waals surface area (Å²) in [5, 5.41) is 3.80. The third kappa shape index (κ3) is 2.86. The third-order valence-electron chi connectivity index (χ3n) is 3.85. The molecule has 0 spiro atoms. The summed E-state index contributed by atoms with van der Waals surface area (Å²) in [6.07, 6.45) is 11.7. The maximum absolute atomic E-state index is 4.38. The van der Waals surface area contributed by atoms with Crippen LogP contribution in [0.5, 0.6) is 0 Å². The monoisotopic (exact) mass is 232 g/mol. The number of hydrogen-bond donors (Lipinski definition) is 1. The summed E-state index contributed by atoms with van der Waals surface area (Å²) in [4.78, 5) is 4.38. The molecule has 0 aromatic carbocycles. The van der Waals surface area contributed by atoms with Gasteiger partial charge in [-0.05, 0) is 43.9 Å². The van der Waals surface area contributed by atoms with Crippen LogP contribution in [0.25, 0.3) is 0 Å². The molecule has 1 atom stereocenters. The van der Waals surface area contributed by atoms with Crippen molar-refractivity contribution in [3.8, 4) is 0 Å². The van der Waals surface area contributed by atoms with Crippen LogP contribution < -0.4 is 5.32 Å². The van der Waals surface area contributed by atoms with Crippen molar-refractivity contribution < 1.29 is 0 Å². The SMILES string of the molecule is CCCC1(c2cncc(C)c2)CCCCCN1. The second-order valence-electron chi connectivity index (χ2n) is 5.32. The molecule has 1 aliphatic rings. The van der Waals surface area contributed by atoms with Crippen LogP contribution in [-0.4, -0.2) is 11.5 Å². The Labute approximate surface area is 105 Å². The molecule has 2 nitrogen and oxygen atoms in total. The number of aryl methyl sites for hydroxylation is 1. The van der Waals surface area contributed by atoms with Crippen molar-refractivity contribution in [2.75, 3.05) is 6.54 Å². The molecule has 0 saturated carbocycles. The molecule has 94 valence electrons. The van der Waals surface area contributed by atoms with E-state index >= 15 is 0 Å². The minimum absolute atomic E-state index is 0.185. The van der Waals surface area contributed by atoms with E-state index in [0.29, 0.717) is 0 Å². The van der Waals surface area contributed by atoms with Gasteiger partial charge in [-0.3, -0.25) is 4.98 Å². The normalized spacial score (nSPS) is 25.5. The van der Waals surface area contributed by atoms with Gasteiger partial charge in [0.2, 0.25) is 0 Å². The number of nitrogens with zero attached hydrogens (tertiary/aromatic N) is 1. The van der Waals surface area contributed by atoms with Crippen LogP contribution in [0.15, 0.2) is 18.5 Å². The first-order valence-corrected chi connectivity index (χ1v) is 6.94. The molecule has 1 aliphatic heterocycles. The average molecular weight is 232 g/mol. The van der Waals surface area contributed by atoms with Crippen LogP contribution in [0.2, 0.25) is 0 Å². The van der Waals surface area contributed by atoms with Crippen molar-refractivity contribution >= 4 is 0 Å². The van der Waals surface area contributed by atoms with Gasteiger partial charge in [0.05, 0.1) is 0 Å². The van der Waals surface area contributed by atoms with Gasteiger partial charge < -0.3 is 5.32 Å². The molecule has 2 heterocycles. The Morgan fingerprint density at radius 3 is 2.94 bits per heavy atom. The van der Waals surface area contributed by atoms with E-state index in [-0.39, 0.29) is 5.54 Å². The van der Waals surface area contributed by atoms with Crippen LogP contribution in [-0.2, 0) is 5.54 Å². The van der Waals surface area contributed by atoms with E-state index in [1.165, 1.54) is 49.7 Å². The minimum Gasteiger partial charge on any atom is -0.307 e. The number of pyridine rings is 1. The molecule has 0 bridgehead atoms. The highest BCUT2D eigenvalue weighted by atomic mass is 15.0. The minimum atomic E-state index is 0.185. The number of rotatable bonds is 3. The largest absolute Gasteiger partial charge is 0.307 e. The Kier molecular flexibility index (Phi) is 4.16. The van der Waals surface area contributed by atoms with Crippen LogP contribution in [0.4, 0.5) is 0 Å². The highest BCUT2D eigenvalue weighted by molar-refractivity contribution is 5.25. The summed E-state index contributed by atoms with van der Waals surface area (Å²) in [6.45, 7) is 5.55. The quantitative estimate of drug-likeness (QED) is 0.862. The van der Waals surface area contributed by atoms with E-state index in [2.05, 4.69) is 36.4 Å². The second kappa shape index (κ2) is 5.63. The van der Waals surface area contributed by atoms with Crippen LogP contribution in [0.3, 0.4) is 0 Å². The van der Waals surface area contributed by atoms with E-state index in [1.54, 1.807) is 0 Å². The van der Waals surface area contributed by atoms with Gasteiger partial charge in [-0.15, -0.1) is 0 Å². The topological polar surface area (TPSA) is 24.9 Å². The van der Waals surface area contributed by atoms with Crippen molar-refractivity contribution in [1.29, 1.82) is 0 Å². The van der Waals surface area contributed by atoms with Gasteiger partial charge in [-0.1, -0.05) is 32.3 Å². The van der Waals surface area contributed by atoms with Crippen molar-refractivity contribution in [2.24, 2.45) is 0 Å². The van der Waals surface area contributed by atoms with Crippen molar-refractivity contribution in [3.05, 3.63) is 29.6 Å². The number of aromatic nitrogens is 1. The molecule has 1 fully saturated rings. The molecule has 0 aliphatic carbocycles. The summed E-state index contributed by atoms with van der Waals surface area (Å²) in [5.74, 6) is 0. The lowest BCUT2D eigenvalue weighted by Gasteiger charge is -2.34. The first-order chi connectivity index (χ1) is 8.27. The predicted octanol–water partition coefficient (Wildman–Crippen LogP) is 3.55. The summed E-state index contributed by atoms with van der Waals surface area (Å²) < 4.78 is 0. The molecular weight excluding hydrogens is 208 g/mol. The van der Waals surface area contributed by atoms with E-state index in [0.717, 1.165) is 6.54 Å². The van der Waals surface area contributed by atoms with E-state index in [1.807, 2.05) is 6.20 Å². The molecule has 1 unspecified atom stereocenters. The fourth-order valence-electron chi connectivity index (χ4n) is 2.99. The molecule has 17 heavy (non-hydrogen) atoms. The summed E-state index contributed by atoms with van der Waals surface area (Å²) >= 11 is 0. The highest BCUT2D eigenvalue weighted by Gasteiger charge is 2.31. The van der Waals surface area contributed by atoms with E-state index < -0.39 is 0 Å². The summed E-state index contributed by atoms with van der Waals surface area (Å²) in [6, 6.07) is 2.31. The average Bonchev–Trinajstić information content (AvgIpc) is 2.56. The van der Waals surface area contributed by atoms with Crippen LogP contribution in [0, 0.1) is 6.92 Å². The van der Waals surface area contributed by atoms with E-state index in [9.17, 15) is 0 Å².